The first kappa shape index (κ1) is 14.8. The molecule has 0 spiro atoms. The van der Waals surface area contributed by atoms with Crippen LogP contribution in [0.5, 0.6) is 0 Å². The summed E-state index contributed by atoms with van der Waals surface area (Å²) in [5.74, 6) is 1.22. The number of benzene rings is 2. The van der Waals surface area contributed by atoms with Crippen molar-refractivity contribution in [1.29, 1.82) is 5.26 Å². The van der Waals surface area contributed by atoms with Crippen LogP contribution in [0.2, 0.25) is 0 Å². The highest BCUT2D eigenvalue weighted by Crippen LogP contribution is 2.27. The van der Waals surface area contributed by atoms with Crippen LogP contribution in [-0.2, 0) is 5.75 Å². The number of aromatic nitrogens is 2. The molecule has 1 heterocycles. The molecule has 0 aliphatic carbocycles. The molecule has 0 aliphatic rings. The average molecular weight is 372 g/mol. The normalized spacial score (nSPS) is 10.4. The van der Waals surface area contributed by atoms with Crippen molar-refractivity contribution in [2.75, 3.05) is 0 Å². The summed E-state index contributed by atoms with van der Waals surface area (Å²) in [5.41, 5.74) is 2.64. The van der Waals surface area contributed by atoms with Crippen molar-refractivity contribution in [3.8, 4) is 17.5 Å². The maximum Gasteiger partial charge on any atom is 0.277 e. The summed E-state index contributed by atoms with van der Waals surface area (Å²) in [6.45, 7) is 0. The zero-order valence-electron chi connectivity index (χ0n) is 11.4. The van der Waals surface area contributed by atoms with Gasteiger partial charge in [0, 0.05) is 15.8 Å². The fourth-order valence-corrected chi connectivity index (χ4v) is 2.95. The Morgan fingerprint density at radius 1 is 1.14 bits per heavy atom. The third-order valence-electron chi connectivity index (χ3n) is 2.92. The summed E-state index contributed by atoms with van der Waals surface area (Å²) >= 11 is 4.89. The summed E-state index contributed by atoms with van der Waals surface area (Å²) in [7, 11) is 0. The molecule has 0 aliphatic heterocycles. The van der Waals surface area contributed by atoms with Gasteiger partial charge in [-0.1, -0.05) is 45.9 Å². The highest BCUT2D eigenvalue weighted by atomic mass is 79.9. The van der Waals surface area contributed by atoms with Gasteiger partial charge in [0.15, 0.2) is 0 Å². The van der Waals surface area contributed by atoms with Gasteiger partial charge in [0.2, 0.25) is 5.89 Å². The van der Waals surface area contributed by atoms with E-state index in [0.29, 0.717) is 22.4 Å². The van der Waals surface area contributed by atoms with E-state index in [4.69, 9.17) is 9.68 Å². The van der Waals surface area contributed by atoms with Crippen LogP contribution in [0.15, 0.2) is 62.6 Å². The van der Waals surface area contributed by atoms with Gasteiger partial charge in [0.25, 0.3) is 5.22 Å². The number of halogens is 1. The van der Waals surface area contributed by atoms with Crippen LogP contribution in [-0.4, -0.2) is 10.2 Å². The van der Waals surface area contributed by atoms with Gasteiger partial charge in [-0.3, -0.25) is 0 Å². The SMILES string of the molecule is N#Cc1ccc(CSc2nnc(-c3cccc(Br)c3)o2)cc1. The summed E-state index contributed by atoms with van der Waals surface area (Å²) in [6.07, 6.45) is 0. The Morgan fingerprint density at radius 3 is 2.68 bits per heavy atom. The van der Waals surface area contributed by atoms with E-state index >= 15 is 0 Å². The lowest BCUT2D eigenvalue weighted by Crippen LogP contribution is -1.81. The van der Waals surface area contributed by atoms with E-state index < -0.39 is 0 Å². The minimum atomic E-state index is 0.503. The van der Waals surface area contributed by atoms with Crippen molar-refractivity contribution < 1.29 is 4.42 Å². The Hall–Kier alpha value is -2.10. The van der Waals surface area contributed by atoms with E-state index in [1.54, 1.807) is 12.1 Å². The molecular formula is C16H10BrN3OS. The van der Waals surface area contributed by atoms with Crippen molar-refractivity contribution in [1.82, 2.24) is 10.2 Å². The summed E-state index contributed by atoms with van der Waals surface area (Å²) < 4.78 is 6.63. The van der Waals surface area contributed by atoms with E-state index in [-0.39, 0.29) is 0 Å². The number of rotatable bonds is 4. The topological polar surface area (TPSA) is 62.7 Å². The van der Waals surface area contributed by atoms with Crippen molar-refractivity contribution in [2.45, 2.75) is 11.0 Å². The predicted molar refractivity (Wildman–Crippen MR) is 88.2 cm³/mol. The molecule has 0 amide bonds. The van der Waals surface area contributed by atoms with Gasteiger partial charge in [-0.15, -0.1) is 10.2 Å². The highest BCUT2D eigenvalue weighted by Gasteiger charge is 2.09. The van der Waals surface area contributed by atoms with Gasteiger partial charge in [-0.05, 0) is 35.9 Å². The fourth-order valence-electron chi connectivity index (χ4n) is 1.83. The van der Waals surface area contributed by atoms with Crippen molar-refractivity contribution >= 4 is 27.7 Å². The third-order valence-corrected chi connectivity index (χ3v) is 4.31. The van der Waals surface area contributed by atoms with Gasteiger partial charge in [0.1, 0.15) is 0 Å². The molecule has 2 aromatic carbocycles. The lowest BCUT2D eigenvalue weighted by molar-refractivity contribution is 0.466. The molecule has 4 nitrogen and oxygen atoms in total. The standard InChI is InChI=1S/C16H10BrN3OS/c17-14-3-1-2-13(8-14)15-19-20-16(21-15)22-10-12-6-4-11(9-18)5-7-12/h1-8H,10H2. The number of thioether (sulfide) groups is 1. The summed E-state index contributed by atoms with van der Waals surface area (Å²) in [5, 5.41) is 17.4. The molecule has 0 bridgehead atoms. The number of nitrogens with zero attached hydrogens (tertiary/aromatic N) is 3. The molecule has 0 saturated carbocycles. The first-order chi connectivity index (χ1) is 10.7. The molecule has 1 aromatic heterocycles. The zero-order valence-corrected chi connectivity index (χ0v) is 13.8. The Kier molecular flexibility index (Phi) is 4.56. The Balaban J connectivity index is 1.68. The molecule has 0 saturated heterocycles. The summed E-state index contributed by atoms with van der Waals surface area (Å²) in [4.78, 5) is 0. The predicted octanol–water partition coefficient (Wildman–Crippen LogP) is 4.66. The number of hydrogen-bond acceptors (Lipinski definition) is 5. The van der Waals surface area contributed by atoms with Gasteiger partial charge < -0.3 is 4.42 Å². The van der Waals surface area contributed by atoms with E-state index in [2.05, 4.69) is 32.2 Å². The van der Waals surface area contributed by atoms with Crippen LogP contribution in [0.4, 0.5) is 0 Å². The highest BCUT2D eigenvalue weighted by molar-refractivity contribution is 9.10. The zero-order chi connectivity index (χ0) is 15.4. The number of hydrogen-bond donors (Lipinski definition) is 0. The molecule has 0 atom stereocenters. The molecule has 0 fully saturated rings. The second-order valence-corrected chi connectivity index (χ2v) is 6.32. The minimum absolute atomic E-state index is 0.503. The van der Waals surface area contributed by atoms with Gasteiger partial charge in [0.05, 0.1) is 11.6 Å². The molecule has 0 unspecified atom stereocenters. The van der Waals surface area contributed by atoms with E-state index in [1.807, 2.05) is 36.4 Å². The quantitative estimate of drug-likeness (QED) is 0.623. The van der Waals surface area contributed by atoms with Crippen LogP contribution in [0.1, 0.15) is 11.1 Å². The summed E-state index contributed by atoms with van der Waals surface area (Å²) in [6, 6.07) is 17.3. The Bertz CT molecular complexity index is 824. The van der Waals surface area contributed by atoms with Gasteiger partial charge >= 0.3 is 0 Å². The molecule has 3 aromatic rings. The van der Waals surface area contributed by atoms with E-state index in [1.165, 1.54) is 11.8 Å². The lowest BCUT2D eigenvalue weighted by atomic mass is 10.2. The first-order valence-corrected chi connectivity index (χ1v) is 8.24. The number of nitriles is 1. The first-order valence-electron chi connectivity index (χ1n) is 6.46. The molecular weight excluding hydrogens is 362 g/mol. The third kappa shape index (κ3) is 3.56. The molecule has 108 valence electrons. The second-order valence-electron chi connectivity index (χ2n) is 4.48. The van der Waals surface area contributed by atoms with Crippen molar-refractivity contribution in [3.05, 3.63) is 64.1 Å². The minimum Gasteiger partial charge on any atom is -0.411 e. The monoisotopic (exact) mass is 371 g/mol. The Labute approximate surface area is 140 Å². The molecule has 0 radical (unpaired) electrons. The van der Waals surface area contributed by atoms with Gasteiger partial charge in [-0.2, -0.15) is 5.26 Å². The van der Waals surface area contributed by atoms with Crippen LogP contribution >= 0.6 is 27.7 Å². The largest absolute Gasteiger partial charge is 0.411 e. The van der Waals surface area contributed by atoms with Crippen LogP contribution < -0.4 is 0 Å². The van der Waals surface area contributed by atoms with Crippen LogP contribution in [0.3, 0.4) is 0 Å². The van der Waals surface area contributed by atoms with E-state index in [0.717, 1.165) is 15.6 Å². The van der Waals surface area contributed by atoms with Crippen LogP contribution in [0, 0.1) is 11.3 Å². The lowest BCUT2D eigenvalue weighted by Gasteiger charge is -1.98. The molecule has 6 heteroatoms. The average Bonchev–Trinajstić information content (AvgIpc) is 3.02. The maximum atomic E-state index is 8.78. The van der Waals surface area contributed by atoms with Crippen LogP contribution in [0.25, 0.3) is 11.5 Å². The second kappa shape index (κ2) is 6.77. The molecule has 0 N–H and O–H groups in total. The molecule has 22 heavy (non-hydrogen) atoms. The molecule has 3 rings (SSSR count). The Morgan fingerprint density at radius 2 is 1.95 bits per heavy atom. The van der Waals surface area contributed by atoms with Gasteiger partial charge in [-0.25, -0.2) is 0 Å². The maximum absolute atomic E-state index is 8.78. The fraction of sp³-hybridized carbons (Fsp3) is 0.0625. The van der Waals surface area contributed by atoms with E-state index in [9.17, 15) is 0 Å². The van der Waals surface area contributed by atoms with Crippen molar-refractivity contribution in [2.24, 2.45) is 0 Å². The smallest absolute Gasteiger partial charge is 0.277 e. The van der Waals surface area contributed by atoms with Crippen molar-refractivity contribution in [3.63, 3.8) is 0 Å².